The highest BCUT2D eigenvalue weighted by molar-refractivity contribution is 5.50. The van der Waals surface area contributed by atoms with Crippen LogP contribution in [-0.4, -0.2) is 6.29 Å². The van der Waals surface area contributed by atoms with Gasteiger partial charge >= 0.3 is 6.29 Å². The second-order valence-corrected chi connectivity index (χ2v) is 4.43. The topological polar surface area (TPSA) is 17.1 Å². The van der Waals surface area contributed by atoms with Crippen molar-refractivity contribution < 1.29 is 4.79 Å². The van der Waals surface area contributed by atoms with Gasteiger partial charge < -0.3 is 0 Å². The third-order valence-electron chi connectivity index (χ3n) is 2.88. The van der Waals surface area contributed by atoms with Crippen LogP contribution < -0.4 is 0 Å². The molecule has 88 valence electrons. The Labute approximate surface area is 95.6 Å². The molecule has 0 radical (unpaired) electrons. The Balaban J connectivity index is 2.83. The van der Waals surface area contributed by atoms with Crippen molar-refractivity contribution in [3.63, 3.8) is 0 Å². The van der Waals surface area contributed by atoms with Crippen LogP contribution in [0.15, 0.2) is 0 Å². The Bertz CT molecular complexity index is 121. The summed E-state index contributed by atoms with van der Waals surface area (Å²) in [6.07, 6.45) is 17.3. The normalized spacial score (nSPS) is 10.2. The predicted molar refractivity (Wildman–Crippen MR) is 66.8 cm³/mol. The molecule has 0 bridgehead atoms. The highest BCUT2D eigenvalue weighted by Crippen LogP contribution is 2.11. The van der Waals surface area contributed by atoms with E-state index >= 15 is 0 Å². The Hall–Kier alpha value is -0.420. The lowest BCUT2D eigenvalue weighted by Gasteiger charge is -2.00. The number of rotatable bonds is 12. The molecule has 0 aromatic rings. The van der Waals surface area contributed by atoms with Crippen LogP contribution in [0, 0.1) is 0 Å². The molecule has 0 heterocycles. The third kappa shape index (κ3) is 13.6. The predicted octanol–water partition coefficient (Wildman–Crippen LogP) is 4.80. The van der Waals surface area contributed by atoms with Crippen LogP contribution in [0.25, 0.3) is 0 Å². The Morgan fingerprint density at radius 1 is 0.667 bits per heavy atom. The lowest BCUT2D eigenvalue weighted by atomic mass is 10.1. The summed E-state index contributed by atoms with van der Waals surface area (Å²) in [5, 5.41) is 0. The first kappa shape index (κ1) is 14.6. The molecule has 0 atom stereocenters. The second kappa shape index (κ2) is 13.6. The quantitative estimate of drug-likeness (QED) is 0.335. The van der Waals surface area contributed by atoms with Gasteiger partial charge in [-0.1, -0.05) is 64.7 Å². The van der Waals surface area contributed by atoms with Crippen molar-refractivity contribution >= 4 is 6.29 Å². The van der Waals surface area contributed by atoms with Gasteiger partial charge in [-0.3, -0.25) is 0 Å². The third-order valence-corrected chi connectivity index (χ3v) is 2.88. The molecule has 1 nitrogen and oxygen atoms in total. The molecule has 1 heteroatoms. The van der Waals surface area contributed by atoms with Crippen LogP contribution in [0.2, 0.25) is 0 Å². The zero-order valence-corrected chi connectivity index (χ0v) is 10.4. The van der Waals surface area contributed by atoms with Gasteiger partial charge in [-0.15, -0.1) is 0 Å². The summed E-state index contributed by atoms with van der Waals surface area (Å²) in [6.45, 7) is 2.26. The van der Waals surface area contributed by atoms with E-state index in [1.165, 1.54) is 64.2 Å². The van der Waals surface area contributed by atoms with Crippen LogP contribution in [0.5, 0.6) is 0 Å². The van der Waals surface area contributed by atoms with E-state index in [4.69, 9.17) is 0 Å². The molecule has 0 aromatic heterocycles. The molecule has 0 unspecified atom stereocenters. The summed E-state index contributed by atoms with van der Waals surface area (Å²) in [7, 11) is 0. The van der Waals surface area contributed by atoms with Gasteiger partial charge in [0.2, 0.25) is 6.42 Å². The van der Waals surface area contributed by atoms with Gasteiger partial charge in [0, 0.05) is 11.2 Å². The molecule has 0 spiro atoms. The Morgan fingerprint density at radius 2 is 1.07 bits per heavy atom. The first-order chi connectivity index (χ1) is 7.41. The van der Waals surface area contributed by atoms with E-state index in [1.807, 2.05) is 6.29 Å². The molecule has 0 amide bonds. The molecule has 0 aromatic carbocycles. The van der Waals surface area contributed by atoms with Gasteiger partial charge in [0.15, 0.2) is 0 Å². The standard InChI is InChI=1S/C14H27O/c1-2-3-4-5-6-7-8-9-10-11-12-13-14-15/h2-13H2,1H3/q+1. The average molecular weight is 211 g/mol. The maximum absolute atomic E-state index is 9.94. The zero-order chi connectivity index (χ0) is 11.2. The van der Waals surface area contributed by atoms with E-state index < -0.39 is 0 Å². The van der Waals surface area contributed by atoms with E-state index in [2.05, 4.69) is 6.92 Å². The van der Waals surface area contributed by atoms with E-state index in [1.54, 1.807) is 0 Å². The van der Waals surface area contributed by atoms with Crippen molar-refractivity contribution in [3.05, 3.63) is 0 Å². The van der Waals surface area contributed by atoms with Gasteiger partial charge in [-0.2, -0.15) is 0 Å². The lowest BCUT2D eigenvalue weighted by molar-refractivity contribution is 0.534. The first-order valence-corrected chi connectivity index (χ1v) is 6.76. The smallest absolute Gasteiger partial charge is 0.0654 e. The van der Waals surface area contributed by atoms with Crippen molar-refractivity contribution in [2.75, 3.05) is 0 Å². The van der Waals surface area contributed by atoms with Crippen LogP contribution in [0.4, 0.5) is 0 Å². The average Bonchev–Trinajstić information content (AvgIpc) is 2.26. The summed E-state index contributed by atoms with van der Waals surface area (Å²) >= 11 is 0. The van der Waals surface area contributed by atoms with Crippen molar-refractivity contribution in [1.82, 2.24) is 0 Å². The second-order valence-electron chi connectivity index (χ2n) is 4.43. The van der Waals surface area contributed by atoms with E-state index in [0.717, 1.165) is 6.42 Å². The van der Waals surface area contributed by atoms with Crippen molar-refractivity contribution in [1.29, 1.82) is 0 Å². The van der Waals surface area contributed by atoms with Crippen LogP contribution >= 0.6 is 0 Å². The van der Waals surface area contributed by atoms with E-state index in [-0.39, 0.29) is 0 Å². The minimum atomic E-state index is 0.636. The lowest BCUT2D eigenvalue weighted by Crippen LogP contribution is -1.82. The van der Waals surface area contributed by atoms with Gasteiger partial charge in [0.05, 0.1) is 0 Å². The fourth-order valence-electron chi connectivity index (χ4n) is 1.86. The molecular formula is C14H27O+. The minimum absolute atomic E-state index is 0.636. The summed E-state index contributed by atoms with van der Waals surface area (Å²) in [5.41, 5.74) is 0. The largest absolute Gasteiger partial charge is 0.506 e. The summed E-state index contributed by atoms with van der Waals surface area (Å²) in [6, 6.07) is 0. The van der Waals surface area contributed by atoms with Crippen LogP contribution in [0.3, 0.4) is 0 Å². The molecule has 0 aliphatic rings. The number of hydrogen-bond acceptors (Lipinski definition) is 1. The van der Waals surface area contributed by atoms with E-state index in [0.29, 0.717) is 6.42 Å². The van der Waals surface area contributed by atoms with Crippen molar-refractivity contribution in [3.8, 4) is 0 Å². The molecule has 0 saturated carbocycles. The molecular weight excluding hydrogens is 184 g/mol. The van der Waals surface area contributed by atoms with Gasteiger partial charge in [-0.25, -0.2) is 0 Å². The minimum Gasteiger partial charge on any atom is -0.0654 e. The number of hydrogen-bond donors (Lipinski definition) is 0. The number of carbonyl (C=O) groups excluding carboxylic acids is 1. The fourth-order valence-corrected chi connectivity index (χ4v) is 1.86. The Kier molecular flexibility index (Phi) is 13.2. The molecule has 15 heavy (non-hydrogen) atoms. The fraction of sp³-hybridized carbons (Fsp3) is 0.929. The van der Waals surface area contributed by atoms with Crippen molar-refractivity contribution in [2.45, 2.75) is 84.0 Å². The first-order valence-electron chi connectivity index (χ1n) is 6.76. The molecule has 0 aliphatic carbocycles. The molecule has 0 rings (SSSR count). The highest BCUT2D eigenvalue weighted by atomic mass is 16.1. The number of unbranched alkanes of at least 4 members (excludes halogenated alkanes) is 11. The summed E-state index contributed by atoms with van der Waals surface area (Å²) in [5.74, 6) is 0. The maximum Gasteiger partial charge on any atom is 0.506 e. The van der Waals surface area contributed by atoms with E-state index in [9.17, 15) is 4.79 Å². The van der Waals surface area contributed by atoms with Crippen molar-refractivity contribution in [2.24, 2.45) is 0 Å². The Morgan fingerprint density at radius 3 is 1.47 bits per heavy atom. The molecule has 0 N–H and O–H groups in total. The molecule has 0 fully saturated rings. The highest BCUT2D eigenvalue weighted by Gasteiger charge is 1.97. The maximum atomic E-state index is 9.94. The monoisotopic (exact) mass is 211 g/mol. The molecule has 0 saturated heterocycles. The SMILES string of the molecule is CCCCCCCCCCCCC[C+]=O. The van der Waals surface area contributed by atoms with Crippen LogP contribution in [-0.2, 0) is 4.79 Å². The summed E-state index contributed by atoms with van der Waals surface area (Å²) < 4.78 is 0. The summed E-state index contributed by atoms with van der Waals surface area (Å²) in [4.78, 5) is 9.94. The molecule has 0 aliphatic heterocycles. The van der Waals surface area contributed by atoms with Gasteiger partial charge in [0.1, 0.15) is 0 Å². The van der Waals surface area contributed by atoms with Crippen LogP contribution in [0.1, 0.15) is 84.0 Å². The zero-order valence-electron chi connectivity index (χ0n) is 10.4. The van der Waals surface area contributed by atoms with Gasteiger partial charge in [0.25, 0.3) is 0 Å². The van der Waals surface area contributed by atoms with Gasteiger partial charge in [-0.05, 0) is 6.42 Å².